The van der Waals surface area contributed by atoms with Gasteiger partial charge in [0.05, 0.1) is 17.8 Å². The van der Waals surface area contributed by atoms with Crippen molar-refractivity contribution in [1.29, 1.82) is 0 Å². The highest BCUT2D eigenvalue weighted by Crippen LogP contribution is 2.15. The molecule has 0 atom stereocenters. The predicted octanol–water partition coefficient (Wildman–Crippen LogP) is 2.21. The van der Waals surface area contributed by atoms with E-state index in [4.69, 9.17) is 11.6 Å². The average Bonchev–Trinajstić information content (AvgIpc) is 2.67. The van der Waals surface area contributed by atoms with E-state index in [1.807, 2.05) is 12.1 Å². The molecule has 13 heavy (non-hydrogen) atoms. The molecule has 66 valence electrons. The molecule has 2 aromatic heterocycles. The molecule has 0 unspecified atom stereocenters. The van der Waals surface area contributed by atoms with E-state index >= 15 is 0 Å². The number of halogens is 1. The fraction of sp³-hybridized carbons (Fsp3) is 0.111. The summed E-state index contributed by atoms with van der Waals surface area (Å²) >= 11 is 5.62. The number of alkyl halides is 1. The number of aromatic nitrogens is 3. The predicted molar refractivity (Wildman–Crippen MR) is 51.4 cm³/mol. The summed E-state index contributed by atoms with van der Waals surface area (Å²) in [4.78, 5) is 11.2. The Kier molecular flexibility index (Phi) is 2.27. The minimum atomic E-state index is 0.403. The van der Waals surface area contributed by atoms with Crippen molar-refractivity contribution in [3.63, 3.8) is 0 Å². The van der Waals surface area contributed by atoms with Crippen molar-refractivity contribution in [3.8, 4) is 11.3 Å². The maximum atomic E-state index is 5.62. The Balaban J connectivity index is 2.36. The van der Waals surface area contributed by atoms with Gasteiger partial charge in [-0.25, -0.2) is 4.98 Å². The molecule has 2 aromatic rings. The second kappa shape index (κ2) is 3.58. The second-order valence-electron chi connectivity index (χ2n) is 2.62. The third-order valence-electron chi connectivity index (χ3n) is 1.73. The molecule has 2 heterocycles. The highest BCUT2D eigenvalue weighted by atomic mass is 35.5. The van der Waals surface area contributed by atoms with Crippen LogP contribution in [0.25, 0.3) is 11.3 Å². The van der Waals surface area contributed by atoms with E-state index in [2.05, 4.69) is 15.0 Å². The van der Waals surface area contributed by atoms with Crippen molar-refractivity contribution in [3.05, 3.63) is 36.5 Å². The number of nitrogens with zero attached hydrogens (tertiary/aromatic N) is 2. The van der Waals surface area contributed by atoms with Crippen LogP contribution < -0.4 is 0 Å². The van der Waals surface area contributed by atoms with Gasteiger partial charge in [0.1, 0.15) is 5.82 Å². The summed E-state index contributed by atoms with van der Waals surface area (Å²) in [6, 6.07) is 3.86. The van der Waals surface area contributed by atoms with Crippen LogP contribution in [0.4, 0.5) is 0 Å². The van der Waals surface area contributed by atoms with Gasteiger partial charge in [0, 0.05) is 18.0 Å². The number of H-pyrrole nitrogens is 1. The first-order valence-electron chi connectivity index (χ1n) is 3.90. The van der Waals surface area contributed by atoms with Gasteiger partial charge in [-0.05, 0) is 12.1 Å². The van der Waals surface area contributed by atoms with Gasteiger partial charge in [-0.3, -0.25) is 4.98 Å². The van der Waals surface area contributed by atoms with Gasteiger partial charge in [0.2, 0.25) is 0 Å². The first kappa shape index (κ1) is 8.26. The minimum Gasteiger partial charge on any atom is -0.341 e. The molecule has 0 bridgehead atoms. The van der Waals surface area contributed by atoms with Crippen LogP contribution in [-0.2, 0) is 5.88 Å². The molecule has 0 aromatic carbocycles. The van der Waals surface area contributed by atoms with Crippen LogP contribution in [0.15, 0.2) is 30.7 Å². The average molecular weight is 194 g/mol. The molecule has 0 saturated carbocycles. The van der Waals surface area contributed by atoms with Crippen molar-refractivity contribution >= 4 is 11.6 Å². The van der Waals surface area contributed by atoms with Crippen molar-refractivity contribution in [2.75, 3.05) is 0 Å². The summed E-state index contributed by atoms with van der Waals surface area (Å²) in [5.41, 5.74) is 1.97. The van der Waals surface area contributed by atoms with E-state index in [-0.39, 0.29) is 0 Å². The second-order valence-corrected chi connectivity index (χ2v) is 2.89. The maximum absolute atomic E-state index is 5.62. The van der Waals surface area contributed by atoms with Gasteiger partial charge < -0.3 is 4.98 Å². The standard InChI is InChI=1S/C9H8ClN3/c10-4-9-12-6-8(13-9)7-2-1-3-11-5-7/h1-3,5-6H,4H2,(H,12,13). The fourth-order valence-electron chi connectivity index (χ4n) is 1.10. The number of aromatic amines is 1. The quantitative estimate of drug-likeness (QED) is 0.743. The summed E-state index contributed by atoms with van der Waals surface area (Å²) in [6.45, 7) is 0. The van der Waals surface area contributed by atoms with Crippen molar-refractivity contribution < 1.29 is 0 Å². The third-order valence-corrected chi connectivity index (χ3v) is 1.98. The lowest BCUT2D eigenvalue weighted by molar-refractivity contribution is 1.12. The summed E-state index contributed by atoms with van der Waals surface area (Å²) in [7, 11) is 0. The number of hydrogen-bond acceptors (Lipinski definition) is 2. The van der Waals surface area contributed by atoms with Crippen LogP contribution in [0, 0.1) is 0 Å². The Morgan fingerprint density at radius 1 is 1.38 bits per heavy atom. The number of imidazole rings is 1. The Morgan fingerprint density at radius 3 is 2.92 bits per heavy atom. The number of rotatable bonds is 2. The number of hydrogen-bond donors (Lipinski definition) is 1. The van der Waals surface area contributed by atoms with Gasteiger partial charge in [-0.2, -0.15) is 0 Å². The van der Waals surface area contributed by atoms with Crippen LogP contribution in [0.5, 0.6) is 0 Å². The van der Waals surface area contributed by atoms with E-state index in [0.717, 1.165) is 17.1 Å². The van der Waals surface area contributed by atoms with Crippen LogP contribution >= 0.6 is 11.6 Å². The Bertz CT molecular complexity index is 383. The van der Waals surface area contributed by atoms with Crippen molar-refractivity contribution in [2.45, 2.75) is 5.88 Å². The SMILES string of the molecule is ClCc1ncc(-c2cccnc2)[nH]1. The molecule has 0 spiro atoms. The van der Waals surface area contributed by atoms with Crippen LogP contribution in [0.3, 0.4) is 0 Å². The van der Waals surface area contributed by atoms with Crippen LogP contribution in [0.1, 0.15) is 5.82 Å². The fourth-order valence-corrected chi connectivity index (χ4v) is 1.23. The molecule has 4 heteroatoms. The van der Waals surface area contributed by atoms with Gasteiger partial charge in [0.15, 0.2) is 0 Å². The zero-order valence-electron chi connectivity index (χ0n) is 6.87. The van der Waals surface area contributed by atoms with Gasteiger partial charge in [-0.1, -0.05) is 0 Å². The summed E-state index contributed by atoms with van der Waals surface area (Å²) in [6.07, 6.45) is 5.28. The normalized spacial score (nSPS) is 10.2. The van der Waals surface area contributed by atoms with Gasteiger partial charge >= 0.3 is 0 Å². The highest BCUT2D eigenvalue weighted by Gasteiger charge is 2.00. The van der Waals surface area contributed by atoms with Crippen molar-refractivity contribution in [2.24, 2.45) is 0 Å². The van der Waals surface area contributed by atoms with Crippen LogP contribution in [-0.4, -0.2) is 15.0 Å². The lowest BCUT2D eigenvalue weighted by atomic mass is 10.2. The monoisotopic (exact) mass is 193 g/mol. The van der Waals surface area contributed by atoms with E-state index in [1.165, 1.54) is 0 Å². The Hall–Kier alpha value is -1.35. The third kappa shape index (κ3) is 1.70. The van der Waals surface area contributed by atoms with E-state index in [0.29, 0.717) is 5.88 Å². The summed E-state index contributed by atoms with van der Waals surface area (Å²) < 4.78 is 0. The molecule has 0 aliphatic rings. The molecule has 0 saturated heterocycles. The number of nitrogens with one attached hydrogen (secondary N) is 1. The lowest BCUT2D eigenvalue weighted by Gasteiger charge is -1.93. The minimum absolute atomic E-state index is 0.403. The maximum Gasteiger partial charge on any atom is 0.121 e. The van der Waals surface area contributed by atoms with Crippen molar-refractivity contribution in [1.82, 2.24) is 15.0 Å². The molecule has 0 fully saturated rings. The lowest BCUT2D eigenvalue weighted by Crippen LogP contribution is -1.81. The molecular weight excluding hydrogens is 186 g/mol. The molecule has 2 rings (SSSR count). The van der Waals surface area contributed by atoms with E-state index in [9.17, 15) is 0 Å². The van der Waals surface area contributed by atoms with Gasteiger partial charge in [0.25, 0.3) is 0 Å². The van der Waals surface area contributed by atoms with E-state index in [1.54, 1.807) is 18.6 Å². The molecule has 1 N–H and O–H groups in total. The largest absolute Gasteiger partial charge is 0.341 e. The smallest absolute Gasteiger partial charge is 0.121 e. The highest BCUT2D eigenvalue weighted by molar-refractivity contribution is 6.16. The van der Waals surface area contributed by atoms with Gasteiger partial charge in [-0.15, -0.1) is 11.6 Å². The van der Waals surface area contributed by atoms with E-state index < -0.39 is 0 Å². The molecule has 0 amide bonds. The Morgan fingerprint density at radius 2 is 2.31 bits per heavy atom. The zero-order valence-corrected chi connectivity index (χ0v) is 7.62. The zero-order chi connectivity index (χ0) is 9.10. The molecule has 0 aliphatic carbocycles. The molecule has 3 nitrogen and oxygen atoms in total. The number of pyridine rings is 1. The topological polar surface area (TPSA) is 41.6 Å². The summed E-state index contributed by atoms with van der Waals surface area (Å²) in [5, 5.41) is 0. The van der Waals surface area contributed by atoms with Crippen LogP contribution in [0.2, 0.25) is 0 Å². The Labute approximate surface area is 80.8 Å². The molecule has 0 aliphatic heterocycles. The first-order valence-corrected chi connectivity index (χ1v) is 4.44. The summed E-state index contributed by atoms with van der Waals surface area (Å²) in [5.74, 6) is 1.18. The first-order chi connectivity index (χ1) is 6.40. The molecule has 0 radical (unpaired) electrons. The molecular formula is C9H8ClN3.